The van der Waals surface area contributed by atoms with E-state index in [1.807, 2.05) is 18.2 Å². The van der Waals surface area contributed by atoms with Gasteiger partial charge in [-0.05, 0) is 52.5 Å². The van der Waals surface area contributed by atoms with Crippen molar-refractivity contribution in [3.63, 3.8) is 0 Å². The zero-order chi connectivity index (χ0) is 18.4. The molecular formula is C18H19BrN2O4. The van der Waals surface area contributed by atoms with E-state index < -0.39 is 4.92 Å². The van der Waals surface area contributed by atoms with E-state index in [0.717, 1.165) is 15.8 Å². The van der Waals surface area contributed by atoms with Gasteiger partial charge in [0.15, 0.2) is 0 Å². The second kappa shape index (κ2) is 8.62. The van der Waals surface area contributed by atoms with Crippen molar-refractivity contribution in [2.75, 3.05) is 7.11 Å². The zero-order valence-electron chi connectivity index (χ0n) is 14.0. The Balaban J connectivity index is 1.92. The molecule has 0 bridgehead atoms. The molecule has 1 amide bonds. The van der Waals surface area contributed by atoms with E-state index in [9.17, 15) is 14.9 Å². The van der Waals surface area contributed by atoms with Crippen molar-refractivity contribution in [3.05, 3.63) is 68.2 Å². The number of hydrogen-bond acceptors (Lipinski definition) is 4. The first-order chi connectivity index (χ1) is 11.9. The van der Waals surface area contributed by atoms with Crippen LogP contribution in [0.2, 0.25) is 0 Å². The standard InChI is InChI=1S/C18H19BrN2O4/c1-12(14-4-3-5-15(11-14)21(23)24)20-18(22)9-7-13-6-8-17(25-2)16(19)10-13/h3-6,8,10-12H,7,9H2,1-2H3,(H,20,22). The number of non-ortho nitro benzene ring substituents is 1. The Hall–Kier alpha value is -2.41. The van der Waals surface area contributed by atoms with Gasteiger partial charge in [-0.2, -0.15) is 0 Å². The van der Waals surface area contributed by atoms with Crippen LogP contribution < -0.4 is 10.1 Å². The maximum absolute atomic E-state index is 12.1. The summed E-state index contributed by atoms with van der Waals surface area (Å²) in [5.41, 5.74) is 1.74. The highest BCUT2D eigenvalue weighted by Gasteiger charge is 2.13. The molecular weight excluding hydrogens is 388 g/mol. The average Bonchev–Trinajstić information content (AvgIpc) is 2.60. The molecule has 0 aliphatic heterocycles. The molecule has 2 aromatic carbocycles. The second-order valence-corrected chi connectivity index (χ2v) is 6.46. The molecule has 1 N–H and O–H groups in total. The van der Waals surface area contributed by atoms with Crippen molar-refractivity contribution in [2.24, 2.45) is 0 Å². The predicted molar refractivity (Wildman–Crippen MR) is 98.7 cm³/mol. The summed E-state index contributed by atoms with van der Waals surface area (Å²) in [6.07, 6.45) is 0.925. The fraction of sp³-hybridized carbons (Fsp3) is 0.278. The van der Waals surface area contributed by atoms with Crippen LogP contribution in [0.5, 0.6) is 5.75 Å². The molecule has 0 fully saturated rings. The lowest BCUT2D eigenvalue weighted by atomic mass is 10.1. The van der Waals surface area contributed by atoms with E-state index in [0.29, 0.717) is 18.4 Å². The largest absolute Gasteiger partial charge is 0.496 e. The summed E-state index contributed by atoms with van der Waals surface area (Å²) in [6, 6.07) is 11.7. The van der Waals surface area contributed by atoms with Crippen molar-refractivity contribution in [2.45, 2.75) is 25.8 Å². The van der Waals surface area contributed by atoms with Gasteiger partial charge in [0.05, 0.1) is 22.5 Å². The number of ether oxygens (including phenoxy) is 1. The van der Waals surface area contributed by atoms with Crippen LogP contribution in [0, 0.1) is 10.1 Å². The summed E-state index contributed by atoms with van der Waals surface area (Å²) in [5, 5.41) is 13.7. The van der Waals surface area contributed by atoms with E-state index in [2.05, 4.69) is 21.2 Å². The minimum atomic E-state index is -0.445. The summed E-state index contributed by atoms with van der Waals surface area (Å²) in [7, 11) is 1.60. The molecule has 0 aliphatic rings. The van der Waals surface area contributed by atoms with Crippen LogP contribution in [0.15, 0.2) is 46.9 Å². The average molecular weight is 407 g/mol. The third kappa shape index (κ3) is 5.29. The van der Waals surface area contributed by atoms with E-state index in [-0.39, 0.29) is 17.6 Å². The van der Waals surface area contributed by atoms with Crippen LogP contribution >= 0.6 is 15.9 Å². The van der Waals surface area contributed by atoms with Gasteiger partial charge in [-0.1, -0.05) is 18.2 Å². The van der Waals surface area contributed by atoms with Gasteiger partial charge in [0, 0.05) is 18.6 Å². The maximum atomic E-state index is 12.1. The van der Waals surface area contributed by atoms with Crippen LogP contribution in [0.3, 0.4) is 0 Å². The molecule has 0 radical (unpaired) electrons. The van der Waals surface area contributed by atoms with Crippen molar-refractivity contribution < 1.29 is 14.5 Å². The molecule has 2 rings (SSSR count). The fourth-order valence-corrected chi connectivity index (χ4v) is 3.02. The smallest absolute Gasteiger partial charge is 0.269 e. The van der Waals surface area contributed by atoms with Gasteiger partial charge in [-0.3, -0.25) is 14.9 Å². The van der Waals surface area contributed by atoms with Crippen molar-refractivity contribution in [3.8, 4) is 5.75 Å². The SMILES string of the molecule is COc1ccc(CCC(=O)NC(C)c2cccc([N+](=O)[O-])c2)cc1Br. The van der Waals surface area contributed by atoms with Crippen LogP contribution in [0.1, 0.15) is 30.5 Å². The molecule has 0 aromatic heterocycles. The molecule has 0 saturated carbocycles. The Bertz CT molecular complexity index is 779. The van der Waals surface area contributed by atoms with Crippen LogP contribution in [-0.4, -0.2) is 17.9 Å². The number of benzene rings is 2. The van der Waals surface area contributed by atoms with Gasteiger partial charge in [0.2, 0.25) is 5.91 Å². The highest BCUT2D eigenvalue weighted by Crippen LogP contribution is 2.26. The van der Waals surface area contributed by atoms with E-state index in [1.54, 1.807) is 26.2 Å². The Labute approximate surface area is 154 Å². The van der Waals surface area contributed by atoms with Crippen LogP contribution in [0.25, 0.3) is 0 Å². The number of nitro groups is 1. The molecule has 1 unspecified atom stereocenters. The van der Waals surface area contributed by atoms with Crippen molar-refractivity contribution in [1.82, 2.24) is 5.32 Å². The number of rotatable bonds is 7. The number of hydrogen-bond donors (Lipinski definition) is 1. The Morgan fingerprint density at radius 1 is 1.32 bits per heavy atom. The molecule has 132 valence electrons. The number of nitro benzene ring substituents is 1. The third-order valence-electron chi connectivity index (χ3n) is 3.82. The maximum Gasteiger partial charge on any atom is 0.269 e. The first kappa shape index (κ1) is 18.9. The Morgan fingerprint density at radius 2 is 2.08 bits per heavy atom. The number of nitrogens with zero attached hydrogens (tertiary/aromatic N) is 1. The minimum Gasteiger partial charge on any atom is -0.496 e. The Kier molecular flexibility index (Phi) is 6.52. The number of aryl methyl sites for hydroxylation is 1. The van der Waals surface area contributed by atoms with E-state index >= 15 is 0 Å². The van der Waals surface area contributed by atoms with Crippen molar-refractivity contribution >= 4 is 27.5 Å². The molecule has 0 saturated heterocycles. The summed E-state index contributed by atoms with van der Waals surface area (Å²) < 4.78 is 6.02. The second-order valence-electron chi connectivity index (χ2n) is 5.61. The summed E-state index contributed by atoms with van der Waals surface area (Å²) >= 11 is 3.42. The van der Waals surface area contributed by atoms with Crippen LogP contribution in [-0.2, 0) is 11.2 Å². The summed E-state index contributed by atoms with van der Waals surface area (Å²) in [6.45, 7) is 1.81. The number of halogens is 1. The lowest BCUT2D eigenvalue weighted by molar-refractivity contribution is -0.384. The van der Waals surface area contributed by atoms with E-state index in [1.165, 1.54) is 12.1 Å². The number of methoxy groups -OCH3 is 1. The first-order valence-electron chi connectivity index (χ1n) is 7.77. The highest BCUT2D eigenvalue weighted by atomic mass is 79.9. The summed E-state index contributed by atoms with van der Waals surface area (Å²) in [4.78, 5) is 22.5. The van der Waals surface area contributed by atoms with Gasteiger partial charge in [0.1, 0.15) is 5.75 Å². The first-order valence-corrected chi connectivity index (χ1v) is 8.56. The third-order valence-corrected chi connectivity index (χ3v) is 4.44. The van der Waals surface area contributed by atoms with Gasteiger partial charge in [-0.15, -0.1) is 0 Å². The molecule has 1 atom stereocenters. The lowest BCUT2D eigenvalue weighted by Crippen LogP contribution is -2.26. The molecule has 0 heterocycles. The molecule has 0 aliphatic carbocycles. The Morgan fingerprint density at radius 3 is 2.72 bits per heavy atom. The van der Waals surface area contributed by atoms with Crippen LogP contribution in [0.4, 0.5) is 5.69 Å². The molecule has 7 heteroatoms. The van der Waals surface area contributed by atoms with Gasteiger partial charge < -0.3 is 10.1 Å². The van der Waals surface area contributed by atoms with Crippen molar-refractivity contribution in [1.29, 1.82) is 0 Å². The zero-order valence-corrected chi connectivity index (χ0v) is 15.6. The molecule has 0 spiro atoms. The predicted octanol–water partition coefficient (Wildman–Crippen LogP) is 4.18. The van der Waals surface area contributed by atoms with Gasteiger partial charge in [-0.25, -0.2) is 0 Å². The number of carbonyl (C=O) groups excluding carboxylic acids is 1. The normalized spacial score (nSPS) is 11.6. The molecule has 2 aromatic rings. The highest BCUT2D eigenvalue weighted by molar-refractivity contribution is 9.10. The molecule has 6 nitrogen and oxygen atoms in total. The topological polar surface area (TPSA) is 81.5 Å². The molecule has 25 heavy (non-hydrogen) atoms. The van der Waals surface area contributed by atoms with E-state index in [4.69, 9.17) is 4.74 Å². The summed E-state index contributed by atoms with van der Waals surface area (Å²) in [5.74, 6) is 0.637. The fourth-order valence-electron chi connectivity index (χ4n) is 2.43. The number of carbonyl (C=O) groups is 1. The monoisotopic (exact) mass is 406 g/mol. The quantitative estimate of drug-likeness (QED) is 0.552. The van der Waals surface area contributed by atoms with Gasteiger partial charge in [0.25, 0.3) is 5.69 Å². The lowest BCUT2D eigenvalue weighted by Gasteiger charge is -2.14. The number of amides is 1. The number of nitrogens with one attached hydrogen (secondary N) is 1. The minimum absolute atomic E-state index is 0.0154. The van der Waals surface area contributed by atoms with Gasteiger partial charge >= 0.3 is 0 Å².